The summed E-state index contributed by atoms with van der Waals surface area (Å²) in [6.45, 7) is 0. The van der Waals surface area contributed by atoms with E-state index in [-0.39, 0.29) is 30.6 Å². The molecule has 0 saturated carbocycles. The normalized spacial score (nSPS) is 13.7. The molecule has 0 bridgehead atoms. The summed E-state index contributed by atoms with van der Waals surface area (Å²) in [6.07, 6.45) is 0.411. The van der Waals surface area contributed by atoms with Crippen molar-refractivity contribution in [1.29, 1.82) is 0 Å². The standard InChI is InChI=1S/C19H17N3O4/c1-20-19(26)14-4-2-3-5-15(14)21-18(25)12-6-8-13(9-7-12)22-16(23)10-11-17(22)24/h2-9H,10-11H2,1H3,(H,20,26)(H,21,25). The molecule has 2 aromatic carbocycles. The average Bonchev–Trinajstić information content (AvgIpc) is 3.00. The van der Waals surface area contributed by atoms with Crippen molar-refractivity contribution in [1.82, 2.24) is 5.32 Å². The lowest BCUT2D eigenvalue weighted by molar-refractivity contribution is -0.121. The summed E-state index contributed by atoms with van der Waals surface area (Å²) in [7, 11) is 1.51. The van der Waals surface area contributed by atoms with Crippen LogP contribution in [-0.4, -0.2) is 30.7 Å². The number of nitrogens with zero attached hydrogens (tertiary/aromatic N) is 1. The maximum atomic E-state index is 12.4. The van der Waals surface area contributed by atoms with Crippen LogP contribution in [0.2, 0.25) is 0 Å². The zero-order valence-corrected chi connectivity index (χ0v) is 14.1. The monoisotopic (exact) mass is 351 g/mol. The molecule has 0 radical (unpaired) electrons. The number of benzene rings is 2. The van der Waals surface area contributed by atoms with Crippen molar-refractivity contribution in [2.45, 2.75) is 12.8 Å². The number of carbonyl (C=O) groups is 4. The number of para-hydroxylation sites is 1. The van der Waals surface area contributed by atoms with Gasteiger partial charge in [-0.15, -0.1) is 0 Å². The van der Waals surface area contributed by atoms with E-state index in [2.05, 4.69) is 10.6 Å². The minimum atomic E-state index is -0.396. The molecule has 7 nitrogen and oxygen atoms in total. The molecule has 1 fully saturated rings. The van der Waals surface area contributed by atoms with Crippen LogP contribution in [0.3, 0.4) is 0 Å². The molecule has 0 unspecified atom stereocenters. The highest BCUT2D eigenvalue weighted by molar-refractivity contribution is 6.20. The Hall–Kier alpha value is -3.48. The predicted octanol–water partition coefficient (Wildman–Crippen LogP) is 1.95. The Labute approximate surface area is 150 Å². The Balaban J connectivity index is 1.78. The van der Waals surface area contributed by atoms with Crippen LogP contribution < -0.4 is 15.5 Å². The molecule has 1 aliphatic rings. The highest BCUT2D eigenvalue weighted by atomic mass is 16.2. The summed E-state index contributed by atoms with van der Waals surface area (Å²) in [6, 6.07) is 12.9. The van der Waals surface area contributed by atoms with Gasteiger partial charge in [-0.3, -0.25) is 24.1 Å². The summed E-state index contributed by atoms with van der Waals surface area (Å²) >= 11 is 0. The van der Waals surface area contributed by atoms with Crippen molar-refractivity contribution in [2.24, 2.45) is 0 Å². The third kappa shape index (κ3) is 3.32. The number of hydrogen-bond acceptors (Lipinski definition) is 4. The van der Waals surface area contributed by atoms with Crippen LogP contribution in [0.25, 0.3) is 0 Å². The van der Waals surface area contributed by atoms with Crippen LogP contribution in [0.1, 0.15) is 33.6 Å². The Morgan fingerprint density at radius 2 is 1.50 bits per heavy atom. The van der Waals surface area contributed by atoms with E-state index in [4.69, 9.17) is 0 Å². The first-order chi connectivity index (χ1) is 12.5. The molecule has 0 spiro atoms. The molecule has 2 N–H and O–H groups in total. The third-order valence-corrected chi connectivity index (χ3v) is 4.09. The van der Waals surface area contributed by atoms with E-state index in [1.807, 2.05) is 0 Å². The number of amides is 4. The zero-order valence-electron chi connectivity index (χ0n) is 14.1. The molecule has 3 rings (SSSR count). The Morgan fingerprint density at radius 3 is 2.12 bits per heavy atom. The fraction of sp³-hybridized carbons (Fsp3) is 0.158. The molecule has 26 heavy (non-hydrogen) atoms. The average molecular weight is 351 g/mol. The van der Waals surface area contributed by atoms with Gasteiger partial charge in [0.15, 0.2) is 0 Å². The maximum Gasteiger partial charge on any atom is 0.255 e. The highest BCUT2D eigenvalue weighted by Crippen LogP contribution is 2.23. The minimum absolute atomic E-state index is 0.206. The Kier molecular flexibility index (Phi) is 4.79. The topological polar surface area (TPSA) is 95.6 Å². The zero-order chi connectivity index (χ0) is 18.7. The van der Waals surface area contributed by atoms with Crippen LogP contribution in [0, 0.1) is 0 Å². The van der Waals surface area contributed by atoms with Crippen molar-refractivity contribution in [2.75, 3.05) is 17.3 Å². The second-order valence-corrected chi connectivity index (χ2v) is 5.75. The van der Waals surface area contributed by atoms with Crippen molar-refractivity contribution in [3.8, 4) is 0 Å². The Morgan fingerprint density at radius 1 is 0.885 bits per heavy atom. The maximum absolute atomic E-state index is 12.4. The second kappa shape index (κ2) is 7.18. The fourth-order valence-electron chi connectivity index (χ4n) is 2.75. The first-order valence-corrected chi connectivity index (χ1v) is 8.09. The third-order valence-electron chi connectivity index (χ3n) is 4.09. The lowest BCUT2D eigenvalue weighted by atomic mass is 10.1. The summed E-state index contributed by atoms with van der Waals surface area (Å²) < 4.78 is 0. The molecular weight excluding hydrogens is 334 g/mol. The highest BCUT2D eigenvalue weighted by Gasteiger charge is 2.30. The van der Waals surface area contributed by atoms with Gasteiger partial charge in [-0.25, -0.2) is 0 Å². The van der Waals surface area contributed by atoms with Gasteiger partial charge in [-0.2, -0.15) is 0 Å². The first kappa shape index (κ1) is 17.3. The SMILES string of the molecule is CNC(=O)c1ccccc1NC(=O)c1ccc(N2C(=O)CCC2=O)cc1. The summed E-state index contributed by atoms with van der Waals surface area (Å²) in [5, 5.41) is 5.22. The smallest absolute Gasteiger partial charge is 0.255 e. The van der Waals surface area contributed by atoms with Gasteiger partial charge in [-0.1, -0.05) is 12.1 Å². The number of imide groups is 1. The summed E-state index contributed by atoms with van der Waals surface area (Å²) in [4.78, 5) is 49.0. The Bertz CT molecular complexity index is 874. The van der Waals surface area contributed by atoms with Crippen LogP contribution in [0.5, 0.6) is 0 Å². The van der Waals surface area contributed by atoms with Crippen molar-refractivity contribution >= 4 is 35.0 Å². The van der Waals surface area contributed by atoms with E-state index < -0.39 is 5.91 Å². The molecule has 2 aromatic rings. The van der Waals surface area contributed by atoms with Gasteiger partial charge in [-0.05, 0) is 36.4 Å². The number of anilines is 2. The van der Waals surface area contributed by atoms with Crippen LogP contribution in [0.4, 0.5) is 11.4 Å². The fourth-order valence-corrected chi connectivity index (χ4v) is 2.75. The van der Waals surface area contributed by atoms with E-state index in [0.29, 0.717) is 22.5 Å². The molecule has 0 atom stereocenters. The number of carbonyl (C=O) groups excluding carboxylic acids is 4. The molecule has 132 valence electrons. The van der Waals surface area contributed by atoms with Crippen LogP contribution >= 0.6 is 0 Å². The van der Waals surface area contributed by atoms with E-state index >= 15 is 0 Å². The van der Waals surface area contributed by atoms with E-state index in [9.17, 15) is 19.2 Å². The largest absolute Gasteiger partial charge is 0.355 e. The second-order valence-electron chi connectivity index (χ2n) is 5.75. The summed E-state index contributed by atoms with van der Waals surface area (Å²) in [5.41, 5.74) is 1.54. The molecule has 1 aliphatic heterocycles. The molecule has 0 aliphatic carbocycles. The quantitative estimate of drug-likeness (QED) is 0.823. The number of rotatable bonds is 4. The van der Waals surface area contributed by atoms with Gasteiger partial charge in [0.2, 0.25) is 11.8 Å². The van der Waals surface area contributed by atoms with Gasteiger partial charge in [0.1, 0.15) is 0 Å². The first-order valence-electron chi connectivity index (χ1n) is 8.09. The van der Waals surface area contributed by atoms with Gasteiger partial charge < -0.3 is 10.6 Å². The van der Waals surface area contributed by atoms with Gasteiger partial charge in [0.25, 0.3) is 11.8 Å². The molecule has 7 heteroatoms. The van der Waals surface area contributed by atoms with Crippen LogP contribution in [-0.2, 0) is 9.59 Å². The molecular formula is C19H17N3O4. The molecule has 4 amide bonds. The lowest BCUT2D eigenvalue weighted by Gasteiger charge is -2.14. The van der Waals surface area contributed by atoms with Crippen molar-refractivity contribution < 1.29 is 19.2 Å². The number of hydrogen-bond donors (Lipinski definition) is 2. The van der Waals surface area contributed by atoms with E-state index in [1.54, 1.807) is 36.4 Å². The summed E-state index contributed by atoms with van der Waals surface area (Å²) in [5.74, 6) is -1.19. The predicted molar refractivity (Wildman–Crippen MR) is 96.0 cm³/mol. The molecule has 1 heterocycles. The molecule has 0 aromatic heterocycles. The van der Waals surface area contributed by atoms with Crippen molar-refractivity contribution in [3.05, 3.63) is 59.7 Å². The van der Waals surface area contributed by atoms with E-state index in [0.717, 1.165) is 4.90 Å². The molecule has 1 saturated heterocycles. The minimum Gasteiger partial charge on any atom is -0.355 e. The van der Waals surface area contributed by atoms with E-state index in [1.165, 1.54) is 19.2 Å². The lowest BCUT2D eigenvalue weighted by Crippen LogP contribution is -2.28. The van der Waals surface area contributed by atoms with Crippen LogP contribution in [0.15, 0.2) is 48.5 Å². The van der Waals surface area contributed by atoms with Gasteiger partial charge >= 0.3 is 0 Å². The van der Waals surface area contributed by atoms with Crippen molar-refractivity contribution in [3.63, 3.8) is 0 Å². The van der Waals surface area contributed by atoms with Gasteiger partial charge in [0, 0.05) is 25.5 Å². The van der Waals surface area contributed by atoms with Gasteiger partial charge in [0.05, 0.1) is 16.9 Å². The number of nitrogens with one attached hydrogen (secondary N) is 2.